The van der Waals surface area contributed by atoms with Crippen molar-refractivity contribution in [1.29, 1.82) is 0 Å². The molecule has 0 spiro atoms. The summed E-state index contributed by atoms with van der Waals surface area (Å²) in [5.74, 6) is 0.600. The number of anilines is 3. The Balaban J connectivity index is 1.28. The first-order valence-corrected chi connectivity index (χ1v) is 18.3. The number of hydrogen-bond donors (Lipinski definition) is 0. The highest BCUT2D eigenvalue weighted by molar-refractivity contribution is 6.11. The molecule has 2 aromatic heterocycles. The van der Waals surface area contributed by atoms with E-state index < -0.39 is 0 Å². The molecule has 254 valence electrons. The van der Waals surface area contributed by atoms with E-state index in [4.69, 9.17) is 9.97 Å². The molecular formula is C50H34N4. The second kappa shape index (κ2) is 13.4. The Morgan fingerprint density at radius 2 is 0.981 bits per heavy atom. The Morgan fingerprint density at radius 3 is 1.72 bits per heavy atom. The molecule has 0 fully saturated rings. The quantitative estimate of drug-likeness (QED) is 0.167. The number of aromatic nitrogens is 3. The Labute approximate surface area is 313 Å². The lowest BCUT2D eigenvalue weighted by molar-refractivity contribution is 1.11. The van der Waals surface area contributed by atoms with Crippen molar-refractivity contribution >= 4 is 50.0 Å². The van der Waals surface area contributed by atoms with Gasteiger partial charge in [0.05, 0.1) is 27.9 Å². The van der Waals surface area contributed by atoms with Crippen LogP contribution >= 0.6 is 0 Å². The summed E-state index contributed by atoms with van der Waals surface area (Å²) in [5.41, 5.74) is 12.7. The molecule has 4 nitrogen and oxygen atoms in total. The molecule has 0 saturated heterocycles. The van der Waals surface area contributed by atoms with E-state index in [0.717, 1.165) is 77.9 Å². The predicted molar refractivity (Wildman–Crippen MR) is 225 cm³/mol. The molecule has 0 atom stereocenters. The average molecular weight is 691 g/mol. The molecule has 8 aromatic carbocycles. The van der Waals surface area contributed by atoms with Gasteiger partial charge in [-0.15, -0.1) is 0 Å². The maximum Gasteiger partial charge on any atom is 0.235 e. The van der Waals surface area contributed by atoms with Crippen LogP contribution < -0.4 is 4.90 Å². The molecule has 0 N–H and O–H groups in total. The van der Waals surface area contributed by atoms with Crippen molar-refractivity contribution in [1.82, 2.24) is 14.5 Å². The fourth-order valence-corrected chi connectivity index (χ4v) is 7.69. The lowest BCUT2D eigenvalue weighted by atomic mass is 9.96. The Morgan fingerprint density at radius 1 is 0.389 bits per heavy atom. The van der Waals surface area contributed by atoms with Crippen LogP contribution in [0.3, 0.4) is 0 Å². The molecule has 4 heteroatoms. The van der Waals surface area contributed by atoms with Gasteiger partial charge < -0.3 is 4.57 Å². The van der Waals surface area contributed by atoms with Crippen LogP contribution in [0.15, 0.2) is 206 Å². The van der Waals surface area contributed by atoms with Gasteiger partial charge in [0.1, 0.15) is 0 Å². The predicted octanol–water partition coefficient (Wildman–Crippen LogP) is 13.2. The first kappa shape index (κ1) is 31.4. The minimum absolute atomic E-state index is 0.600. The minimum Gasteiger partial charge on any atom is -0.309 e. The second-order valence-corrected chi connectivity index (χ2v) is 13.4. The zero-order chi connectivity index (χ0) is 35.8. The van der Waals surface area contributed by atoms with E-state index in [1.807, 2.05) is 12.1 Å². The largest absolute Gasteiger partial charge is 0.309 e. The Kier molecular flexibility index (Phi) is 7.77. The van der Waals surface area contributed by atoms with Gasteiger partial charge in [-0.3, -0.25) is 4.90 Å². The van der Waals surface area contributed by atoms with E-state index in [2.05, 4.69) is 204 Å². The normalized spacial score (nSPS) is 11.3. The first-order valence-electron chi connectivity index (χ1n) is 18.3. The fraction of sp³-hybridized carbons (Fsp3) is 0. The lowest BCUT2D eigenvalue weighted by Gasteiger charge is -2.27. The third-order valence-corrected chi connectivity index (χ3v) is 10.2. The minimum atomic E-state index is 0.600. The van der Waals surface area contributed by atoms with Crippen molar-refractivity contribution in [3.63, 3.8) is 0 Å². The van der Waals surface area contributed by atoms with E-state index in [1.54, 1.807) is 0 Å². The highest BCUT2D eigenvalue weighted by Crippen LogP contribution is 2.44. The number of hydrogen-bond acceptors (Lipinski definition) is 3. The van der Waals surface area contributed by atoms with Crippen LogP contribution in [-0.4, -0.2) is 14.5 Å². The van der Waals surface area contributed by atoms with Crippen molar-refractivity contribution in [2.45, 2.75) is 0 Å². The summed E-state index contributed by atoms with van der Waals surface area (Å²) in [5, 5.41) is 3.35. The van der Waals surface area contributed by atoms with Crippen LogP contribution in [0.4, 0.5) is 17.3 Å². The van der Waals surface area contributed by atoms with Gasteiger partial charge >= 0.3 is 0 Å². The van der Waals surface area contributed by atoms with Crippen LogP contribution in [0.25, 0.3) is 71.9 Å². The number of benzene rings is 8. The molecule has 0 saturated carbocycles. The summed E-state index contributed by atoms with van der Waals surface area (Å²) in [6.45, 7) is 0. The maximum atomic E-state index is 5.44. The van der Waals surface area contributed by atoms with Crippen LogP contribution in [0.1, 0.15) is 0 Å². The van der Waals surface area contributed by atoms with Crippen LogP contribution in [-0.2, 0) is 0 Å². The fourth-order valence-electron chi connectivity index (χ4n) is 7.69. The van der Waals surface area contributed by atoms with Crippen LogP contribution in [0, 0.1) is 0 Å². The summed E-state index contributed by atoms with van der Waals surface area (Å²) in [6.07, 6.45) is 0. The van der Waals surface area contributed by atoms with Gasteiger partial charge in [0.15, 0.2) is 0 Å². The molecule has 0 aliphatic carbocycles. The van der Waals surface area contributed by atoms with Crippen molar-refractivity contribution < 1.29 is 0 Å². The standard InChI is InChI=1S/C50H34N4/c1-5-17-35(18-6-1)38-29-31-47(43(33-38)36-19-7-2-8-20-36)54(50-51-45-27-15-13-26-42(45)49(52-50)37-21-9-3-10-22-37)40-30-32-48-44(34-40)41-25-14-16-28-46(41)53(48)39-23-11-4-12-24-39/h1-34H. The summed E-state index contributed by atoms with van der Waals surface area (Å²) in [6, 6.07) is 72.6. The van der Waals surface area contributed by atoms with E-state index in [0.29, 0.717) is 5.95 Å². The molecule has 0 bridgehead atoms. The SMILES string of the molecule is c1ccc(-c2ccc(N(c3ccc4c(c3)c3ccccc3n4-c3ccccc3)c3nc(-c4ccccc4)c4ccccc4n3)c(-c3ccccc3)c2)cc1. The number of nitrogens with zero attached hydrogens (tertiary/aromatic N) is 4. The van der Waals surface area contributed by atoms with Gasteiger partial charge in [-0.25, -0.2) is 9.97 Å². The molecule has 10 aromatic rings. The summed E-state index contributed by atoms with van der Waals surface area (Å²) < 4.78 is 2.35. The van der Waals surface area contributed by atoms with Crippen molar-refractivity contribution in [3.05, 3.63) is 206 Å². The van der Waals surface area contributed by atoms with Gasteiger partial charge in [-0.2, -0.15) is 0 Å². The van der Waals surface area contributed by atoms with Gasteiger partial charge in [-0.05, 0) is 71.3 Å². The molecule has 0 radical (unpaired) electrons. The van der Waals surface area contributed by atoms with Crippen LogP contribution in [0.2, 0.25) is 0 Å². The van der Waals surface area contributed by atoms with E-state index in [-0.39, 0.29) is 0 Å². The lowest BCUT2D eigenvalue weighted by Crippen LogP contribution is -2.15. The van der Waals surface area contributed by atoms with E-state index in [9.17, 15) is 0 Å². The number of para-hydroxylation sites is 3. The summed E-state index contributed by atoms with van der Waals surface area (Å²) in [4.78, 5) is 13.0. The molecule has 0 aliphatic rings. The van der Waals surface area contributed by atoms with Gasteiger partial charge in [-0.1, -0.05) is 152 Å². The zero-order valence-electron chi connectivity index (χ0n) is 29.4. The Bertz CT molecular complexity index is 2920. The second-order valence-electron chi connectivity index (χ2n) is 13.4. The molecule has 54 heavy (non-hydrogen) atoms. The summed E-state index contributed by atoms with van der Waals surface area (Å²) >= 11 is 0. The van der Waals surface area contributed by atoms with Crippen molar-refractivity contribution in [2.24, 2.45) is 0 Å². The zero-order valence-corrected chi connectivity index (χ0v) is 29.4. The Hall–Kier alpha value is -7.30. The molecule has 2 heterocycles. The molecule has 0 aliphatic heterocycles. The summed E-state index contributed by atoms with van der Waals surface area (Å²) in [7, 11) is 0. The molecular weight excluding hydrogens is 657 g/mol. The van der Waals surface area contributed by atoms with Crippen molar-refractivity contribution in [2.75, 3.05) is 4.90 Å². The third kappa shape index (κ3) is 5.49. The molecule has 0 amide bonds. The van der Waals surface area contributed by atoms with Gasteiger partial charge in [0.2, 0.25) is 5.95 Å². The smallest absolute Gasteiger partial charge is 0.235 e. The van der Waals surface area contributed by atoms with Gasteiger partial charge in [0, 0.05) is 38.7 Å². The van der Waals surface area contributed by atoms with E-state index in [1.165, 1.54) is 5.39 Å². The maximum absolute atomic E-state index is 5.44. The topological polar surface area (TPSA) is 34.0 Å². The molecule has 10 rings (SSSR count). The number of fused-ring (bicyclic) bond motifs is 4. The van der Waals surface area contributed by atoms with Crippen molar-refractivity contribution in [3.8, 4) is 39.2 Å². The highest BCUT2D eigenvalue weighted by atomic mass is 15.3. The molecule has 0 unspecified atom stereocenters. The highest BCUT2D eigenvalue weighted by Gasteiger charge is 2.24. The average Bonchev–Trinajstić information content (AvgIpc) is 3.58. The van der Waals surface area contributed by atoms with Gasteiger partial charge in [0.25, 0.3) is 0 Å². The van der Waals surface area contributed by atoms with Crippen LogP contribution in [0.5, 0.6) is 0 Å². The third-order valence-electron chi connectivity index (χ3n) is 10.2. The first-order chi connectivity index (χ1) is 26.8. The number of rotatable bonds is 7. The van der Waals surface area contributed by atoms with E-state index >= 15 is 0 Å². The monoisotopic (exact) mass is 690 g/mol.